The largest absolute Gasteiger partial charge is 0.489 e. The third-order valence-electron chi connectivity index (χ3n) is 4.88. The van der Waals surface area contributed by atoms with Crippen LogP contribution in [0.2, 0.25) is 0 Å². The highest BCUT2D eigenvalue weighted by atomic mass is 32.2. The number of nitrogens with zero attached hydrogens (tertiary/aromatic N) is 1. The molecule has 35 heavy (non-hydrogen) atoms. The van der Waals surface area contributed by atoms with Gasteiger partial charge in [0.15, 0.2) is 0 Å². The first-order valence-corrected chi connectivity index (χ1v) is 11.1. The Labute approximate surface area is 202 Å². The highest BCUT2D eigenvalue weighted by Gasteiger charge is 2.36. The van der Waals surface area contributed by atoms with Gasteiger partial charge in [-0.1, -0.05) is 24.3 Å². The zero-order valence-electron chi connectivity index (χ0n) is 18.0. The summed E-state index contributed by atoms with van der Waals surface area (Å²) in [7, 11) is 0. The highest BCUT2D eigenvalue weighted by Crippen LogP contribution is 2.32. The van der Waals surface area contributed by atoms with Crippen molar-refractivity contribution in [3.63, 3.8) is 0 Å². The molecule has 1 N–H and O–H groups in total. The fourth-order valence-corrected chi connectivity index (χ4v) is 3.96. The van der Waals surface area contributed by atoms with E-state index >= 15 is 0 Å². The van der Waals surface area contributed by atoms with Gasteiger partial charge in [0.25, 0.3) is 11.1 Å². The van der Waals surface area contributed by atoms with E-state index in [0.29, 0.717) is 29.1 Å². The summed E-state index contributed by atoms with van der Waals surface area (Å²) in [6.45, 7) is -0.364. The van der Waals surface area contributed by atoms with Crippen molar-refractivity contribution in [2.45, 2.75) is 6.61 Å². The van der Waals surface area contributed by atoms with E-state index in [1.807, 2.05) is 0 Å². The third kappa shape index (κ3) is 6.10. The van der Waals surface area contributed by atoms with Crippen molar-refractivity contribution < 1.29 is 32.3 Å². The van der Waals surface area contributed by atoms with Crippen LogP contribution < -0.4 is 10.1 Å². The van der Waals surface area contributed by atoms with E-state index in [9.17, 15) is 27.6 Å². The highest BCUT2D eigenvalue weighted by molar-refractivity contribution is 8.18. The van der Waals surface area contributed by atoms with Crippen LogP contribution in [0.5, 0.6) is 5.75 Å². The van der Waals surface area contributed by atoms with Gasteiger partial charge < -0.3 is 10.1 Å². The number of hydrogen-bond donors (Lipinski definition) is 1. The zero-order chi connectivity index (χ0) is 24.9. The van der Waals surface area contributed by atoms with Crippen LogP contribution in [0.4, 0.5) is 23.7 Å². The van der Waals surface area contributed by atoms with Crippen LogP contribution in [0, 0.1) is 17.5 Å². The van der Waals surface area contributed by atoms with Crippen LogP contribution in [-0.2, 0) is 16.2 Å². The standard InChI is InChI=1S/C25H17F3N2O4S/c26-17-5-1-16(2-6-17)14-34-19-8-3-15(4-9-19)11-22-24(32)30(25(33)35-22)13-23(31)29-21-10-7-18(27)12-20(21)28/h1-12H,13-14H2,(H,29,31)/b22-11-. The van der Waals surface area contributed by atoms with E-state index in [1.165, 1.54) is 18.2 Å². The lowest BCUT2D eigenvalue weighted by Gasteiger charge is -2.12. The molecular formula is C25H17F3N2O4S. The maximum absolute atomic E-state index is 13.7. The number of halogens is 3. The molecule has 0 bridgehead atoms. The van der Waals surface area contributed by atoms with Crippen molar-refractivity contribution in [1.29, 1.82) is 0 Å². The van der Waals surface area contributed by atoms with E-state index in [-0.39, 0.29) is 23.0 Å². The summed E-state index contributed by atoms with van der Waals surface area (Å²) in [5.74, 6) is -3.01. The van der Waals surface area contributed by atoms with Crippen LogP contribution in [0.25, 0.3) is 6.08 Å². The number of amides is 3. The fourth-order valence-electron chi connectivity index (χ4n) is 3.12. The van der Waals surface area contributed by atoms with E-state index in [4.69, 9.17) is 4.74 Å². The molecule has 1 heterocycles. The average Bonchev–Trinajstić information content (AvgIpc) is 3.08. The summed E-state index contributed by atoms with van der Waals surface area (Å²) < 4.78 is 45.3. The normalized spacial score (nSPS) is 14.5. The molecule has 3 aromatic carbocycles. The Morgan fingerprint density at radius 2 is 1.63 bits per heavy atom. The molecule has 4 rings (SSSR count). The third-order valence-corrected chi connectivity index (χ3v) is 5.78. The van der Waals surface area contributed by atoms with E-state index in [2.05, 4.69) is 5.32 Å². The molecule has 0 aliphatic carbocycles. The smallest absolute Gasteiger partial charge is 0.294 e. The minimum Gasteiger partial charge on any atom is -0.489 e. The van der Waals surface area contributed by atoms with Gasteiger partial charge in [0.05, 0.1) is 10.6 Å². The topological polar surface area (TPSA) is 75.7 Å². The maximum Gasteiger partial charge on any atom is 0.294 e. The lowest BCUT2D eigenvalue weighted by Crippen LogP contribution is -2.36. The fraction of sp³-hybridized carbons (Fsp3) is 0.0800. The van der Waals surface area contributed by atoms with Gasteiger partial charge in [-0.05, 0) is 65.4 Å². The second-order valence-corrected chi connectivity index (χ2v) is 8.42. The Bertz CT molecular complexity index is 1310. The summed E-state index contributed by atoms with van der Waals surface area (Å²) in [5, 5.41) is 1.57. The number of benzene rings is 3. The molecule has 10 heteroatoms. The Morgan fingerprint density at radius 1 is 0.943 bits per heavy atom. The Hall–Kier alpha value is -4.05. The zero-order valence-corrected chi connectivity index (χ0v) is 18.8. The molecule has 6 nitrogen and oxygen atoms in total. The molecular weight excluding hydrogens is 481 g/mol. The summed E-state index contributed by atoms with van der Waals surface area (Å²) in [6.07, 6.45) is 1.51. The predicted molar refractivity (Wildman–Crippen MR) is 125 cm³/mol. The molecule has 178 valence electrons. The van der Waals surface area contributed by atoms with Gasteiger partial charge in [0.2, 0.25) is 5.91 Å². The molecule has 0 atom stereocenters. The number of imide groups is 1. The van der Waals surface area contributed by atoms with E-state index in [0.717, 1.165) is 22.6 Å². The second-order valence-electron chi connectivity index (χ2n) is 7.42. The van der Waals surface area contributed by atoms with Crippen LogP contribution in [0.3, 0.4) is 0 Å². The minimum atomic E-state index is -0.975. The summed E-state index contributed by atoms with van der Waals surface area (Å²) in [6, 6.07) is 15.3. The molecule has 1 saturated heterocycles. The van der Waals surface area contributed by atoms with Crippen LogP contribution >= 0.6 is 11.8 Å². The maximum atomic E-state index is 13.7. The molecule has 3 amide bonds. The Kier molecular flexibility index (Phi) is 7.21. The molecule has 1 aliphatic heterocycles. The van der Waals surface area contributed by atoms with Gasteiger partial charge in [-0.15, -0.1) is 0 Å². The molecule has 0 saturated carbocycles. The minimum absolute atomic E-state index is 0.121. The Morgan fingerprint density at radius 3 is 2.31 bits per heavy atom. The number of rotatable bonds is 7. The molecule has 0 spiro atoms. The predicted octanol–water partition coefficient (Wildman–Crippen LogP) is 5.36. The Balaban J connectivity index is 1.36. The first-order chi connectivity index (χ1) is 16.8. The monoisotopic (exact) mass is 498 g/mol. The van der Waals surface area contributed by atoms with Crippen molar-refractivity contribution in [2.75, 3.05) is 11.9 Å². The molecule has 1 fully saturated rings. The van der Waals surface area contributed by atoms with Crippen molar-refractivity contribution in [3.8, 4) is 5.75 Å². The number of carbonyl (C=O) groups is 3. The quantitative estimate of drug-likeness (QED) is 0.444. The average molecular weight is 498 g/mol. The summed E-state index contributed by atoms with van der Waals surface area (Å²) in [4.78, 5) is 38.0. The van der Waals surface area contributed by atoms with Crippen molar-refractivity contribution in [3.05, 3.63) is 100 Å². The first kappa shape index (κ1) is 24.1. The number of ether oxygens (including phenoxy) is 1. The number of anilines is 1. The van der Waals surface area contributed by atoms with Gasteiger partial charge in [0, 0.05) is 6.07 Å². The molecule has 0 aromatic heterocycles. The van der Waals surface area contributed by atoms with Gasteiger partial charge in [0.1, 0.15) is 36.4 Å². The van der Waals surface area contributed by atoms with E-state index in [1.54, 1.807) is 36.4 Å². The van der Waals surface area contributed by atoms with Crippen molar-refractivity contribution in [2.24, 2.45) is 0 Å². The van der Waals surface area contributed by atoms with Crippen LogP contribution in [-0.4, -0.2) is 28.5 Å². The SMILES string of the molecule is O=C(CN1C(=O)S/C(=C\c2ccc(OCc3ccc(F)cc3)cc2)C1=O)Nc1ccc(F)cc1F. The number of hydrogen-bond acceptors (Lipinski definition) is 5. The van der Waals surface area contributed by atoms with Crippen molar-refractivity contribution in [1.82, 2.24) is 4.90 Å². The second kappa shape index (κ2) is 10.5. The van der Waals surface area contributed by atoms with Crippen molar-refractivity contribution >= 4 is 40.6 Å². The molecule has 1 aliphatic rings. The molecule has 3 aromatic rings. The number of nitrogens with one attached hydrogen (secondary N) is 1. The number of carbonyl (C=O) groups excluding carboxylic acids is 3. The van der Waals surface area contributed by atoms with E-state index < -0.39 is 35.2 Å². The van der Waals surface area contributed by atoms with Gasteiger partial charge in [-0.2, -0.15) is 0 Å². The van der Waals surface area contributed by atoms with Crippen LogP contribution in [0.15, 0.2) is 71.6 Å². The lowest BCUT2D eigenvalue weighted by atomic mass is 10.2. The summed E-state index contributed by atoms with van der Waals surface area (Å²) >= 11 is 0.676. The van der Waals surface area contributed by atoms with Gasteiger partial charge >= 0.3 is 0 Å². The van der Waals surface area contributed by atoms with Crippen LogP contribution in [0.1, 0.15) is 11.1 Å². The lowest BCUT2D eigenvalue weighted by molar-refractivity contribution is -0.127. The molecule has 0 radical (unpaired) electrons. The first-order valence-electron chi connectivity index (χ1n) is 10.3. The molecule has 0 unspecified atom stereocenters. The summed E-state index contributed by atoms with van der Waals surface area (Å²) in [5.41, 5.74) is 1.17. The van der Waals surface area contributed by atoms with Gasteiger partial charge in [-0.3, -0.25) is 19.3 Å². The van der Waals surface area contributed by atoms with Gasteiger partial charge in [-0.25, -0.2) is 13.2 Å². The number of thioether (sulfide) groups is 1.